The quantitative estimate of drug-likeness (QED) is 0.188. The highest BCUT2D eigenvalue weighted by molar-refractivity contribution is 7.25. The van der Waals surface area contributed by atoms with Gasteiger partial charge in [-0.25, -0.2) is 0 Å². The molecule has 2 heterocycles. The van der Waals surface area contributed by atoms with Crippen LogP contribution in [-0.4, -0.2) is 6.04 Å². The summed E-state index contributed by atoms with van der Waals surface area (Å²) in [5.74, 6) is 0.446. The maximum atomic E-state index is 4.29. The van der Waals surface area contributed by atoms with Gasteiger partial charge in [-0.3, -0.25) is 0 Å². The maximum Gasteiger partial charge on any atom is 0.0737 e. The lowest BCUT2D eigenvalue weighted by atomic mass is 9.67. The van der Waals surface area contributed by atoms with E-state index in [1.807, 2.05) is 11.3 Å². The first kappa shape index (κ1) is 30.7. The lowest BCUT2D eigenvalue weighted by Gasteiger charge is -2.37. The first-order chi connectivity index (χ1) is 26.4. The van der Waals surface area contributed by atoms with Gasteiger partial charge in [0.1, 0.15) is 0 Å². The van der Waals surface area contributed by atoms with Crippen molar-refractivity contribution in [1.82, 2.24) is 5.32 Å². The molecule has 1 aliphatic heterocycles. The van der Waals surface area contributed by atoms with Crippen molar-refractivity contribution in [1.29, 1.82) is 0 Å². The molecule has 4 aliphatic carbocycles. The topological polar surface area (TPSA) is 12.0 Å². The van der Waals surface area contributed by atoms with Crippen LogP contribution in [0.25, 0.3) is 59.1 Å². The van der Waals surface area contributed by atoms with Crippen LogP contribution in [0.5, 0.6) is 0 Å². The average molecular weight is 710 g/mol. The Balaban J connectivity index is 1.02. The molecule has 0 fully saturated rings. The zero-order valence-electron chi connectivity index (χ0n) is 30.7. The maximum absolute atomic E-state index is 4.29. The minimum atomic E-state index is -0.332. The number of hydrogen-bond donors (Lipinski definition) is 1. The van der Waals surface area contributed by atoms with Crippen molar-refractivity contribution in [3.8, 4) is 33.4 Å². The molecule has 0 saturated heterocycles. The highest BCUT2D eigenvalue weighted by Crippen LogP contribution is 2.65. The molecule has 1 aromatic heterocycles. The van der Waals surface area contributed by atoms with Crippen LogP contribution in [0.15, 0.2) is 174 Å². The number of rotatable bonds is 2. The highest BCUT2D eigenvalue weighted by Gasteiger charge is 2.57. The van der Waals surface area contributed by atoms with Crippen LogP contribution < -0.4 is 5.32 Å². The minimum Gasteiger partial charge on any atom is -0.377 e. The average Bonchev–Trinajstić information content (AvgIpc) is 3.89. The summed E-state index contributed by atoms with van der Waals surface area (Å²) in [4.78, 5) is 0. The van der Waals surface area contributed by atoms with Gasteiger partial charge in [0.25, 0.3) is 0 Å². The van der Waals surface area contributed by atoms with E-state index in [-0.39, 0.29) is 16.9 Å². The lowest BCUT2D eigenvalue weighted by Crippen LogP contribution is -2.43. The van der Waals surface area contributed by atoms with E-state index in [0.717, 1.165) is 6.42 Å². The Kier molecular flexibility index (Phi) is 6.09. The predicted octanol–water partition coefficient (Wildman–Crippen LogP) is 13.2. The molecule has 2 unspecified atom stereocenters. The number of fused-ring (bicyclic) bond motifs is 14. The number of benzene rings is 6. The molecule has 5 aliphatic rings. The zero-order chi connectivity index (χ0) is 35.9. The van der Waals surface area contributed by atoms with Crippen molar-refractivity contribution in [2.45, 2.75) is 44.1 Å². The molecule has 12 rings (SSSR count). The SMILES string of the molecule is CC1CC=CC2=C1C1=C(C=C3c4cc(-c5cccc(-c6ccc7sc8ccccc8c7c6)c5)ccc4C(C)(C)C3N1)C21c2ccccc2-c2ccccc21. The second-order valence-corrected chi connectivity index (χ2v) is 17.6. The molecule has 0 radical (unpaired) electrons. The fourth-order valence-electron chi connectivity index (χ4n) is 10.9. The van der Waals surface area contributed by atoms with Gasteiger partial charge in [0.05, 0.1) is 11.5 Å². The second kappa shape index (κ2) is 10.7. The molecule has 7 aromatic rings. The number of thiophene rings is 1. The van der Waals surface area contributed by atoms with E-state index in [1.54, 1.807) is 0 Å². The van der Waals surface area contributed by atoms with Gasteiger partial charge in [-0.05, 0) is 127 Å². The molecule has 0 bridgehead atoms. The zero-order valence-corrected chi connectivity index (χ0v) is 31.5. The molecule has 0 saturated carbocycles. The molecule has 2 atom stereocenters. The number of dihydropyridines is 1. The van der Waals surface area contributed by atoms with E-state index in [2.05, 4.69) is 178 Å². The molecule has 1 nitrogen and oxygen atoms in total. The molecule has 258 valence electrons. The summed E-state index contributed by atoms with van der Waals surface area (Å²) in [6.45, 7) is 7.29. The first-order valence-corrected chi connectivity index (χ1v) is 20.3. The normalized spacial score (nSPS) is 20.8. The Morgan fingerprint density at radius 2 is 1.26 bits per heavy atom. The summed E-state index contributed by atoms with van der Waals surface area (Å²) in [5.41, 5.74) is 20.1. The van der Waals surface area contributed by atoms with Crippen LogP contribution in [0.1, 0.15) is 49.4 Å². The van der Waals surface area contributed by atoms with Crippen molar-refractivity contribution in [3.05, 3.63) is 196 Å². The van der Waals surface area contributed by atoms with E-state index in [0.29, 0.717) is 5.92 Å². The van der Waals surface area contributed by atoms with Crippen LogP contribution in [0.2, 0.25) is 0 Å². The van der Waals surface area contributed by atoms with Gasteiger partial charge >= 0.3 is 0 Å². The number of nitrogens with one attached hydrogen (secondary N) is 1. The van der Waals surface area contributed by atoms with E-state index < -0.39 is 0 Å². The van der Waals surface area contributed by atoms with Crippen LogP contribution in [0.3, 0.4) is 0 Å². The Morgan fingerprint density at radius 1 is 0.593 bits per heavy atom. The Morgan fingerprint density at radius 3 is 2.06 bits per heavy atom. The van der Waals surface area contributed by atoms with Gasteiger partial charge in [-0.15, -0.1) is 11.3 Å². The molecule has 1 N–H and O–H groups in total. The van der Waals surface area contributed by atoms with Gasteiger partial charge in [-0.2, -0.15) is 0 Å². The minimum absolute atomic E-state index is 0.0749. The van der Waals surface area contributed by atoms with Crippen LogP contribution >= 0.6 is 11.3 Å². The second-order valence-electron chi connectivity index (χ2n) is 16.5. The van der Waals surface area contributed by atoms with Crippen molar-refractivity contribution in [2.24, 2.45) is 5.92 Å². The summed E-state index contributed by atoms with van der Waals surface area (Å²) >= 11 is 1.88. The Labute approximate surface area is 320 Å². The third-order valence-corrected chi connectivity index (χ3v) is 14.6. The fourth-order valence-corrected chi connectivity index (χ4v) is 12.0. The first-order valence-electron chi connectivity index (χ1n) is 19.4. The third kappa shape index (κ3) is 3.84. The highest BCUT2D eigenvalue weighted by atomic mass is 32.1. The van der Waals surface area contributed by atoms with Gasteiger partial charge in [0.15, 0.2) is 0 Å². The fraction of sp³-hybridized carbons (Fsp3) is 0.154. The third-order valence-electron chi connectivity index (χ3n) is 13.4. The van der Waals surface area contributed by atoms with Crippen LogP contribution in [0.4, 0.5) is 0 Å². The smallest absolute Gasteiger partial charge is 0.0737 e. The van der Waals surface area contributed by atoms with E-state index in [1.165, 1.54) is 104 Å². The summed E-state index contributed by atoms with van der Waals surface area (Å²) in [5, 5.41) is 6.97. The predicted molar refractivity (Wildman–Crippen MR) is 228 cm³/mol. The standard InChI is InChI=1S/C52H39NS/c1-30-12-10-20-44-48(30)49-45(52(44)42-18-7-4-15-35(42)36-16-5-8-19-43(36)52)29-40-38-27-33(22-24-41(38)51(2,3)50(40)53-49)31-13-11-14-32(26-31)34-23-25-47-39(28-34)37-17-6-9-21-46(37)54-47/h4-11,13-30,50,53H,12H2,1-3H3. The van der Waals surface area contributed by atoms with Gasteiger partial charge in [0, 0.05) is 31.3 Å². The summed E-state index contributed by atoms with van der Waals surface area (Å²) in [6, 6.07) is 50.7. The molecule has 2 heteroatoms. The van der Waals surface area contributed by atoms with Crippen LogP contribution in [0, 0.1) is 5.92 Å². The molecule has 1 spiro atoms. The summed E-state index contributed by atoms with van der Waals surface area (Å²) in [6.07, 6.45) is 8.58. The van der Waals surface area contributed by atoms with Crippen molar-refractivity contribution >= 4 is 37.1 Å². The van der Waals surface area contributed by atoms with E-state index >= 15 is 0 Å². The molecule has 54 heavy (non-hydrogen) atoms. The van der Waals surface area contributed by atoms with Crippen LogP contribution in [-0.2, 0) is 10.8 Å². The Hall–Kier alpha value is -5.70. The van der Waals surface area contributed by atoms with E-state index in [4.69, 9.17) is 0 Å². The van der Waals surface area contributed by atoms with Gasteiger partial charge in [-0.1, -0.05) is 136 Å². The van der Waals surface area contributed by atoms with Crippen molar-refractivity contribution < 1.29 is 0 Å². The van der Waals surface area contributed by atoms with Crippen molar-refractivity contribution in [2.75, 3.05) is 0 Å². The van der Waals surface area contributed by atoms with Crippen molar-refractivity contribution in [3.63, 3.8) is 0 Å². The molecular formula is C52H39NS. The molecule has 0 amide bonds. The molecule has 6 aromatic carbocycles. The van der Waals surface area contributed by atoms with E-state index in [9.17, 15) is 0 Å². The Bertz CT molecular complexity index is 2890. The lowest BCUT2D eigenvalue weighted by molar-refractivity contribution is 0.442. The number of hydrogen-bond acceptors (Lipinski definition) is 2. The number of allylic oxidation sites excluding steroid dienone is 6. The summed E-state index contributed by atoms with van der Waals surface area (Å²) in [7, 11) is 0. The monoisotopic (exact) mass is 709 g/mol. The largest absolute Gasteiger partial charge is 0.377 e. The van der Waals surface area contributed by atoms with Gasteiger partial charge < -0.3 is 5.32 Å². The van der Waals surface area contributed by atoms with Gasteiger partial charge in [0.2, 0.25) is 0 Å². The summed E-state index contributed by atoms with van der Waals surface area (Å²) < 4.78 is 2.69. The molecular weight excluding hydrogens is 671 g/mol.